The number of carbonyl (C=O) groups excluding carboxylic acids is 3. The number of hydrogen-bond acceptors (Lipinski definition) is 5. The van der Waals surface area contributed by atoms with E-state index in [2.05, 4.69) is 63.0 Å². The van der Waals surface area contributed by atoms with Crippen molar-refractivity contribution >= 4 is 51.8 Å². The summed E-state index contributed by atoms with van der Waals surface area (Å²) in [6, 6.07) is 12.0. The van der Waals surface area contributed by atoms with Crippen molar-refractivity contribution in [1.29, 1.82) is 0 Å². The highest BCUT2D eigenvalue weighted by molar-refractivity contribution is 8.18. The number of rotatable bonds is 5. The molecule has 6 nitrogen and oxygen atoms in total. The molecule has 4 rings (SSSR count). The summed E-state index contributed by atoms with van der Waals surface area (Å²) >= 11 is 0.874. The third-order valence-corrected chi connectivity index (χ3v) is 7.56. The van der Waals surface area contributed by atoms with Crippen molar-refractivity contribution in [3.8, 4) is 0 Å². The summed E-state index contributed by atoms with van der Waals surface area (Å²) in [6.07, 6.45) is 4.04. The van der Waals surface area contributed by atoms with Gasteiger partial charge in [0.25, 0.3) is 11.1 Å². The predicted octanol–water partition coefficient (Wildman–Crippen LogP) is 6.39. The molecule has 0 unspecified atom stereocenters. The molecule has 0 bridgehead atoms. The zero-order valence-corrected chi connectivity index (χ0v) is 22.7. The van der Waals surface area contributed by atoms with Gasteiger partial charge in [-0.05, 0) is 107 Å². The van der Waals surface area contributed by atoms with E-state index in [1.807, 2.05) is 32.0 Å². The van der Waals surface area contributed by atoms with E-state index >= 15 is 0 Å². The lowest BCUT2D eigenvalue weighted by Gasteiger charge is -2.46. The minimum absolute atomic E-state index is 0.110. The minimum atomic E-state index is -0.445. The summed E-state index contributed by atoms with van der Waals surface area (Å²) in [6.45, 7) is 14.5. The predicted molar refractivity (Wildman–Crippen MR) is 149 cm³/mol. The van der Waals surface area contributed by atoms with Crippen LogP contribution in [0.3, 0.4) is 0 Å². The minimum Gasteiger partial charge on any atom is -0.360 e. The number of allylic oxidation sites excluding steroid dienone is 1. The monoisotopic (exact) mass is 503 g/mol. The Hall–Kier alpha value is -3.32. The van der Waals surface area contributed by atoms with Gasteiger partial charge in [0.15, 0.2) is 0 Å². The average molecular weight is 504 g/mol. The number of nitrogens with zero attached hydrogens (tertiary/aromatic N) is 2. The number of carbonyl (C=O) groups is 3. The lowest BCUT2D eigenvalue weighted by molar-refractivity contribution is -0.127. The van der Waals surface area contributed by atoms with Gasteiger partial charge in [0.05, 0.1) is 10.4 Å². The highest BCUT2D eigenvalue weighted by Gasteiger charge is 2.37. The van der Waals surface area contributed by atoms with Crippen LogP contribution in [-0.2, 0) is 9.59 Å². The Bertz CT molecular complexity index is 1320. The highest BCUT2D eigenvalue weighted by atomic mass is 32.2. The van der Waals surface area contributed by atoms with Gasteiger partial charge in [-0.3, -0.25) is 19.3 Å². The number of anilines is 2. The molecular formula is C29H33N3O3S. The molecule has 0 radical (unpaired) electrons. The van der Waals surface area contributed by atoms with Crippen LogP contribution in [-0.4, -0.2) is 40.1 Å². The fourth-order valence-electron chi connectivity index (χ4n) is 5.14. The van der Waals surface area contributed by atoms with Crippen LogP contribution >= 0.6 is 11.8 Å². The van der Waals surface area contributed by atoms with Crippen LogP contribution in [0, 0.1) is 13.8 Å². The quantitative estimate of drug-likeness (QED) is 0.479. The van der Waals surface area contributed by atoms with Crippen LogP contribution < -0.4 is 10.2 Å². The van der Waals surface area contributed by atoms with E-state index < -0.39 is 17.1 Å². The molecule has 1 fully saturated rings. The summed E-state index contributed by atoms with van der Waals surface area (Å²) in [5, 5.41) is 2.35. The van der Waals surface area contributed by atoms with Crippen LogP contribution in [0.4, 0.5) is 16.2 Å². The van der Waals surface area contributed by atoms with Crippen LogP contribution in [0.1, 0.15) is 56.9 Å². The molecule has 0 saturated carbocycles. The standard InChI is InChI=1S/C29H33N3O3S/c1-17(2)32-24-12-19(4)21(13-22(24)20(5)15-29(32,6)7)14-25-27(34)31(28(35)36-25)16-26(33)30-23-11-9-8-10-18(23)3/h8-15,17H,16H2,1-7H3,(H,30,33)/b25-14-. The molecule has 0 spiro atoms. The zero-order chi connectivity index (χ0) is 26.4. The molecule has 2 aliphatic heterocycles. The highest BCUT2D eigenvalue weighted by Crippen LogP contribution is 2.42. The van der Waals surface area contributed by atoms with Gasteiger partial charge < -0.3 is 10.2 Å². The molecule has 188 valence electrons. The molecule has 0 aliphatic carbocycles. The van der Waals surface area contributed by atoms with E-state index in [-0.39, 0.29) is 12.1 Å². The van der Waals surface area contributed by atoms with Gasteiger partial charge in [-0.15, -0.1) is 0 Å². The number of amides is 3. The van der Waals surface area contributed by atoms with Crippen molar-refractivity contribution in [2.75, 3.05) is 16.8 Å². The Morgan fingerprint density at radius 2 is 1.78 bits per heavy atom. The first-order chi connectivity index (χ1) is 16.9. The second kappa shape index (κ2) is 9.62. The molecule has 1 N–H and O–H groups in total. The van der Waals surface area contributed by atoms with E-state index in [4.69, 9.17) is 0 Å². The fourth-order valence-corrected chi connectivity index (χ4v) is 5.96. The number of aryl methyl sites for hydroxylation is 2. The summed E-state index contributed by atoms with van der Waals surface area (Å²) in [5.41, 5.74) is 6.85. The smallest absolute Gasteiger partial charge is 0.294 e. The third-order valence-electron chi connectivity index (χ3n) is 6.66. The van der Waals surface area contributed by atoms with E-state index in [1.165, 1.54) is 11.3 Å². The summed E-state index contributed by atoms with van der Waals surface area (Å²) in [7, 11) is 0. The number of para-hydroxylation sites is 1. The van der Waals surface area contributed by atoms with E-state index in [0.29, 0.717) is 16.6 Å². The number of fused-ring (bicyclic) bond motifs is 1. The SMILES string of the molecule is CC1=CC(C)(C)N(C(C)C)c2cc(C)c(/C=C3\SC(=O)N(CC(=O)Nc4ccccc4C)C3=O)cc21. The first-order valence-corrected chi connectivity index (χ1v) is 13.0. The van der Waals surface area contributed by atoms with Crippen LogP contribution in [0.15, 0.2) is 47.4 Å². The molecule has 2 aromatic rings. The van der Waals surface area contributed by atoms with Crippen molar-refractivity contribution in [2.45, 2.75) is 60.0 Å². The van der Waals surface area contributed by atoms with E-state index in [1.54, 1.807) is 12.1 Å². The van der Waals surface area contributed by atoms with Gasteiger partial charge in [-0.25, -0.2) is 0 Å². The Morgan fingerprint density at radius 3 is 2.44 bits per heavy atom. The van der Waals surface area contributed by atoms with E-state index in [0.717, 1.165) is 38.9 Å². The molecular weight excluding hydrogens is 470 g/mol. The molecule has 1 saturated heterocycles. The molecule has 2 aliphatic rings. The van der Waals surface area contributed by atoms with Gasteiger partial charge in [-0.1, -0.05) is 24.3 Å². The fraction of sp³-hybridized carbons (Fsp3) is 0.345. The lowest BCUT2D eigenvalue weighted by atomic mass is 9.86. The molecule has 0 aromatic heterocycles. The molecule has 7 heteroatoms. The molecule has 2 heterocycles. The maximum absolute atomic E-state index is 13.1. The molecule has 36 heavy (non-hydrogen) atoms. The lowest BCUT2D eigenvalue weighted by Crippen LogP contribution is -2.49. The second-order valence-corrected chi connectivity index (χ2v) is 11.3. The molecule has 3 amide bonds. The second-order valence-electron chi connectivity index (χ2n) is 10.3. The number of benzene rings is 2. The van der Waals surface area contributed by atoms with Crippen LogP contribution in [0.2, 0.25) is 0 Å². The Labute approximate surface area is 217 Å². The van der Waals surface area contributed by atoms with Crippen molar-refractivity contribution < 1.29 is 14.4 Å². The van der Waals surface area contributed by atoms with Gasteiger partial charge in [0.1, 0.15) is 6.54 Å². The average Bonchev–Trinajstić information content (AvgIpc) is 3.03. The Kier molecular flexibility index (Phi) is 6.88. The summed E-state index contributed by atoms with van der Waals surface area (Å²) < 4.78 is 0. The maximum atomic E-state index is 13.1. The van der Waals surface area contributed by atoms with Crippen molar-refractivity contribution in [3.63, 3.8) is 0 Å². The Morgan fingerprint density at radius 1 is 1.08 bits per heavy atom. The molecule has 0 atom stereocenters. The van der Waals surface area contributed by atoms with Gasteiger partial charge in [-0.2, -0.15) is 0 Å². The number of hydrogen-bond donors (Lipinski definition) is 1. The topological polar surface area (TPSA) is 69.7 Å². The first-order valence-electron chi connectivity index (χ1n) is 12.1. The van der Waals surface area contributed by atoms with Crippen LogP contribution in [0.5, 0.6) is 0 Å². The molecule has 2 aromatic carbocycles. The number of nitrogens with one attached hydrogen (secondary N) is 1. The number of imide groups is 1. The van der Waals surface area contributed by atoms with Gasteiger partial charge in [0.2, 0.25) is 5.91 Å². The third kappa shape index (κ3) is 4.85. The van der Waals surface area contributed by atoms with Gasteiger partial charge in [0, 0.05) is 23.0 Å². The van der Waals surface area contributed by atoms with E-state index in [9.17, 15) is 14.4 Å². The largest absolute Gasteiger partial charge is 0.360 e. The first kappa shape index (κ1) is 25.8. The summed E-state index contributed by atoms with van der Waals surface area (Å²) in [5.74, 6) is -0.853. The maximum Gasteiger partial charge on any atom is 0.294 e. The Balaban J connectivity index is 1.59. The van der Waals surface area contributed by atoms with Crippen molar-refractivity contribution in [3.05, 3.63) is 69.6 Å². The number of thioether (sulfide) groups is 1. The van der Waals surface area contributed by atoms with Crippen LogP contribution in [0.25, 0.3) is 11.6 Å². The summed E-state index contributed by atoms with van der Waals surface area (Å²) in [4.78, 5) is 42.0. The zero-order valence-electron chi connectivity index (χ0n) is 21.9. The normalized spacial score (nSPS) is 18.1. The van der Waals surface area contributed by atoms with Crippen molar-refractivity contribution in [2.24, 2.45) is 0 Å². The van der Waals surface area contributed by atoms with Crippen molar-refractivity contribution in [1.82, 2.24) is 4.90 Å². The van der Waals surface area contributed by atoms with Gasteiger partial charge >= 0.3 is 0 Å².